The maximum Gasteiger partial charge on any atom is 0.133 e. The minimum atomic E-state index is 0.377. The molecular weight excluding hydrogens is 214 g/mol. The monoisotopic (exact) mass is 241 g/mol. The van der Waals surface area contributed by atoms with Gasteiger partial charge in [-0.2, -0.15) is 0 Å². The molecular formula is C14H27NO2. The van der Waals surface area contributed by atoms with E-state index in [0.717, 1.165) is 38.9 Å². The summed E-state index contributed by atoms with van der Waals surface area (Å²) in [6.07, 6.45) is 4.56. The fourth-order valence-corrected chi connectivity index (χ4v) is 2.61. The summed E-state index contributed by atoms with van der Waals surface area (Å²) in [4.78, 5) is 12.0. The Bertz CT molecular complexity index is 222. The molecule has 0 spiro atoms. The molecule has 0 aromatic heterocycles. The van der Waals surface area contributed by atoms with E-state index in [0.29, 0.717) is 36.5 Å². The first kappa shape index (κ1) is 14.7. The topological polar surface area (TPSA) is 52.3 Å². The van der Waals surface area contributed by atoms with Crippen molar-refractivity contribution >= 4 is 5.78 Å². The molecule has 0 radical (unpaired) electrons. The highest BCUT2D eigenvalue weighted by Gasteiger charge is 2.20. The molecule has 2 N–H and O–H groups in total. The molecule has 1 rings (SSSR count). The van der Waals surface area contributed by atoms with E-state index in [1.165, 1.54) is 0 Å². The standard InChI is InChI=1S/C14H27NO2/c1-11(2)7-13(10-15)9-14(16)8-12-3-5-17-6-4-12/h11-13H,3-10,15H2,1-2H3. The summed E-state index contributed by atoms with van der Waals surface area (Å²) >= 11 is 0. The molecule has 0 amide bonds. The predicted octanol–water partition coefficient (Wildman–Crippen LogP) is 2.38. The second-order valence-corrected chi connectivity index (χ2v) is 5.73. The highest BCUT2D eigenvalue weighted by atomic mass is 16.5. The summed E-state index contributed by atoms with van der Waals surface area (Å²) < 4.78 is 5.30. The molecule has 1 unspecified atom stereocenters. The molecule has 1 aliphatic heterocycles. The number of nitrogens with two attached hydrogens (primary N) is 1. The summed E-state index contributed by atoms with van der Waals surface area (Å²) in [6, 6.07) is 0. The van der Waals surface area contributed by atoms with Crippen molar-refractivity contribution in [1.82, 2.24) is 0 Å². The van der Waals surface area contributed by atoms with Crippen LogP contribution in [0.4, 0.5) is 0 Å². The van der Waals surface area contributed by atoms with Crippen LogP contribution in [0.2, 0.25) is 0 Å². The molecule has 0 saturated carbocycles. The lowest BCUT2D eigenvalue weighted by atomic mass is 9.87. The van der Waals surface area contributed by atoms with Gasteiger partial charge in [-0.1, -0.05) is 13.8 Å². The molecule has 0 aromatic carbocycles. The van der Waals surface area contributed by atoms with E-state index in [4.69, 9.17) is 10.5 Å². The molecule has 1 fully saturated rings. The lowest BCUT2D eigenvalue weighted by molar-refractivity contribution is -0.121. The van der Waals surface area contributed by atoms with Crippen LogP contribution in [0, 0.1) is 17.8 Å². The van der Waals surface area contributed by atoms with Crippen molar-refractivity contribution in [2.45, 2.75) is 46.0 Å². The van der Waals surface area contributed by atoms with Crippen molar-refractivity contribution in [3.63, 3.8) is 0 Å². The Morgan fingerprint density at radius 3 is 2.53 bits per heavy atom. The van der Waals surface area contributed by atoms with Gasteiger partial charge in [0.25, 0.3) is 0 Å². The van der Waals surface area contributed by atoms with Crippen LogP contribution in [0.25, 0.3) is 0 Å². The molecule has 0 aromatic rings. The highest BCUT2D eigenvalue weighted by molar-refractivity contribution is 5.78. The van der Waals surface area contributed by atoms with Gasteiger partial charge in [0.15, 0.2) is 0 Å². The first-order chi connectivity index (χ1) is 8.11. The van der Waals surface area contributed by atoms with Gasteiger partial charge in [-0.25, -0.2) is 0 Å². The van der Waals surface area contributed by atoms with Crippen LogP contribution < -0.4 is 5.73 Å². The van der Waals surface area contributed by atoms with Crippen LogP contribution in [0.1, 0.15) is 46.0 Å². The number of hydrogen-bond acceptors (Lipinski definition) is 3. The van der Waals surface area contributed by atoms with Gasteiger partial charge in [-0.05, 0) is 43.6 Å². The number of ketones is 1. The van der Waals surface area contributed by atoms with Crippen molar-refractivity contribution in [3.8, 4) is 0 Å². The molecule has 3 heteroatoms. The molecule has 0 bridgehead atoms. The first-order valence-electron chi connectivity index (χ1n) is 6.91. The zero-order chi connectivity index (χ0) is 12.7. The number of Topliss-reactive ketones (excluding diaryl/α,β-unsaturated/α-hetero) is 1. The third-order valence-corrected chi connectivity index (χ3v) is 3.51. The quantitative estimate of drug-likeness (QED) is 0.744. The van der Waals surface area contributed by atoms with Gasteiger partial charge in [0.05, 0.1) is 0 Å². The Labute approximate surface area is 105 Å². The normalized spacial score (nSPS) is 19.5. The van der Waals surface area contributed by atoms with Crippen LogP contribution in [0.15, 0.2) is 0 Å². The molecule has 1 saturated heterocycles. The third-order valence-electron chi connectivity index (χ3n) is 3.51. The van der Waals surface area contributed by atoms with E-state index in [1.807, 2.05) is 0 Å². The van der Waals surface area contributed by atoms with E-state index >= 15 is 0 Å². The first-order valence-corrected chi connectivity index (χ1v) is 6.91. The van der Waals surface area contributed by atoms with Gasteiger partial charge in [0, 0.05) is 26.1 Å². The van der Waals surface area contributed by atoms with Crippen LogP contribution in [-0.2, 0) is 9.53 Å². The van der Waals surface area contributed by atoms with Crippen molar-refractivity contribution in [3.05, 3.63) is 0 Å². The molecule has 3 nitrogen and oxygen atoms in total. The number of carbonyl (C=O) groups excluding carboxylic acids is 1. The minimum Gasteiger partial charge on any atom is -0.381 e. The van der Waals surface area contributed by atoms with Crippen molar-refractivity contribution < 1.29 is 9.53 Å². The average molecular weight is 241 g/mol. The Morgan fingerprint density at radius 2 is 2.00 bits per heavy atom. The molecule has 17 heavy (non-hydrogen) atoms. The largest absolute Gasteiger partial charge is 0.381 e. The summed E-state index contributed by atoms with van der Waals surface area (Å²) in [5.41, 5.74) is 5.73. The zero-order valence-corrected chi connectivity index (χ0v) is 11.3. The number of hydrogen-bond donors (Lipinski definition) is 1. The summed E-state index contributed by atoms with van der Waals surface area (Å²) in [5, 5.41) is 0. The number of carbonyl (C=O) groups is 1. The van der Waals surface area contributed by atoms with Gasteiger partial charge in [0.2, 0.25) is 0 Å². The van der Waals surface area contributed by atoms with Crippen molar-refractivity contribution in [2.75, 3.05) is 19.8 Å². The summed E-state index contributed by atoms with van der Waals surface area (Å²) in [6.45, 7) is 6.66. The Hall–Kier alpha value is -0.410. The van der Waals surface area contributed by atoms with Crippen LogP contribution in [0.3, 0.4) is 0 Å². The number of ether oxygens (including phenoxy) is 1. The minimum absolute atomic E-state index is 0.377. The lowest BCUT2D eigenvalue weighted by Crippen LogP contribution is -2.23. The molecule has 1 heterocycles. The summed E-state index contributed by atoms with van der Waals surface area (Å²) in [5.74, 6) is 1.95. The van der Waals surface area contributed by atoms with Crippen molar-refractivity contribution in [2.24, 2.45) is 23.5 Å². The molecule has 100 valence electrons. The third kappa shape index (κ3) is 6.18. The van der Waals surface area contributed by atoms with E-state index in [-0.39, 0.29) is 0 Å². The Morgan fingerprint density at radius 1 is 1.35 bits per heavy atom. The van der Waals surface area contributed by atoms with E-state index < -0.39 is 0 Å². The molecule has 1 atom stereocenters. The molecule has 0 aliphatic carbocycles. The second-order valence-electron chi connectivity index (χ2n) is 5.73. The molecule has 1 aliphatic rings. The smallest absolute Gasteiger partial charge is 0.133 e. The van der Waals surface area contributed by atoms with Gasteiger partial charge in [0.1, 0.15) is 5.78 Å². The van der Waals surface area contributed by atoms with E-state index in [2.05, 4.69) is 13.8 Å². The van der Waals surface area contributed by atoms with Gasteiger partial charge < -0.3 is 10.5 Å². The van der Waals surface area contributed by atoms with Gasteiger partial charge in [-0.15, -0.1) is 0 Å². The van der Waals surface area contributed by atoms with E-state index in [1.54, 1.807) is 0 Å². The van der Waals surface area contributed by atoms with Crippen molar-refractivity contribution in [1.29, 1.82) is 0 Å². The summed E-state index contributed by atoms with van der Waals surface area (Å²) in [7, 11) is 0. The Kier molecular flexibility index (Phi) is 6.75. The van der Waals surface area contributed by atoms with Crippen LogP contribution in [-0.4, -0.2) is 25.5 Å². The number of rotatable bonds is 7. The second kappa shape index (κ2) is 7.83. The Balaban J connectivity index is 2.26. The SMILES string of the molecule is CC(C)CC(CN)CC(=O)CC1CCOCC1. The average Bonchev–Trinajstić information content (AvgIpc) is 2.28. The van der Waals surface area contributed by atoms with E-state index in [9.17, 15) is 4.79 Å². The highest BCUT2D eigenvalue weighted by Crippen LogP contribution is 2.22. The van der Waals surface area contributed by atoms with Crippen LogP contribution in [0.5, 0.6) is 0 Å². The van der Waals surface area contributed by atoms with Gasteiger partial charge >= 0.3 is 0 Å². The fraction of sp³-hybridized carbons (Fsp3) is 0.929. The van der Waals surface area contributed by atoms with Gasteiger partial charge in [-0.3, -0.25) is 4.79 Å². The predicted molar refractivity (Wildman–Crippen MR) is 69.8 cm³/mol. The maximum absolute atomic E-state index is 12.0. The fourth-order valence-electron chi connectivity index (χ4n) is 2.61. The zero-order valence-electron chi connectivity index (χ0n) is 11.3. The lowest BCUT2D eigenvalue weighted by Gasteiger charge is -2.22. The maximum atomic E-state index is 12.0. The van der Waals surface area contributed by atoms with Crippen LogP contribution >= 0.6 is 0 Å².